The van der Waals surface area contributed by atoms with Crippen LogP contribution in [0.25, 0.3) is 0 Å². The van der Waals surface area contributed by atoms with Crippen LogP contribution in [0.1, 0.15) is 23.2 Å². The molecule has 0 bridgehead atoms. The van der Waals surface area contributed by atoms with Crippen molar-refractivity contribution >= 4 is 0 Å². The van der Waals surface area contributed by atoms with Gasteiger partial charge in [0.1, 0.15) is 0 Å². The first-order valence-electron chi connectivity index (χ1n) is 4.14. The van der Waals surface area contributed by atoms with Crippen LogP contribution in [0, 0.1) is 10.4 Å². The first-order chi connectivity index (χ1) is 6.63. The lowest BCUT2D eigenvalue weighted by molar-refractivity contribution is 0.112. The molecule has 0 amide bonds. The van der Waals surface area contributed by atoms with Crippen LogP contribution in [0.5, 0.6) is 0 Å². The largest absolute Gasteiger partial charge is 0.771 e. The zero-order valence-electron chi connectivity index (χ0n) is 7.33. The molecule has 0 fully saturated rings. The number of rotatable bonds is 2. The Morgan fingerprint density at radius 2 is 1.29 bits per heavy atom. The van der Waals surface area contributed by atoms with E-state index in [1.807, 2.05) is 0 Å². The minimum atomic E-state index is -0.659. The predicted molar refractivity (Wildman–Crippen MR) is 50.7 cm³/mol. The van der Waals surface area contributed by atoms with E-state index in [9.17, 15) is 10.4 Å². The molecule has 4 N–H and O–H groups in total. The van der Waals surface area contributed by atoms with E-state index < -0.39 is 12.1 Å². The third-order valence-electron chi connectivity index (χ3n) is 2.48. The molecule has 0 saturated heterocycles. The van der Waals surface area contributed by atoms with Gasteiger partial charge in [-0.25, -0.2) is 0 Å². The second-order valence-electron chi connectivity index (χ2n) is 3.24. The molecule has 76 valence electrons. The summed E-state index contributed by atoms with van der Waals surface area (Å²) in [5.74, 6) is 10.2. The van der Waals surface area contributed by atoms with Crippen LogP contribution in [0.4, 0.5) is 0 Å². The fraction of sp³-hybridized carbons (Fsp3) is 0.250. The van der Waals surface area contributed by atoms with Gasteiger partial charge in [0.05, 0.1) is 12.1 Å². The minimum Gasteiger partial charge on any atom is -0.771 e. The molecule has 0 heterocycles. The van der Waals surface area contributed by atoms with Crippen molar-refractivity contribution in [3.8, 4) is 0 Å². The van der Waals surface area contributed by atoms with E-state index in [1.54, 1.807) is 24.3 Å². The molecule has 0 spiro atoms. The topological polar surface area (TPSA) is 105 Å². The van der Waals surface area contributed by atoms with E-state index in [1.165, 1.54) is 0 Å². The van der Waals surface area contributed by atoms with Crippen molar-refractivity contribution in [3.05, 3.63) is 45.8 Å². The van der Waals surface area contributed by atoms with Crippen LogP contribution >= 0.6 is 0 Å². The van der Waals surface area contributed by atoms with Crippen LogP contribution in [-0.2, 0) is 0 Å². The molecule has 1 aromatic carbocycles. The van der Waals surface area contributed by atoms with Gasteiger partial charge in [-0.3, -0.25) is 11.7 Å². The van der Waals surface area contributed by atoms with Gasteiger partial charge in [-0.15, -0.1) is 0 Å². The number of fused-ring (bicyclic) bond motifs is 1. The Morgan fingerprint density at radius 1 is 0.929 bits per heavy atom. The summed E-state index contributed by atoms with van der Waals surface area (Å²) in [4.78, 5) is 0. The van der Waals surface area contributed by atoms with Gasteiger partial charge in [-0.1, -0.05) is 24.3 Å². The lowest BCUT2D eigenvalue weighted by Crippen LogP contribution is -2.48. The van der Waals surface area contributed by atoms with Crippen molar-refractivity contribution in [1.29, 1.82) is 0 Å². The minimum absolute atomic E-state index is 0.269. The number of hydrazine groups is 2. The van der Waals surface area contributed by atoms with Gasteiger partial charge < -0.3 is 20.8 Å². The Hall–Kier alpha value is -1.02. The van der Waals surface area contributed by atoms with Gasteiger partial charge in [-0.2, -0.15) is 0 Å². The first kappa shape index (κ1) is 9.53. The van der Waals surface area contributed by atoms with Gasteiger partial charge >= 0.3 is 0 Å². The predicted octanol–water partition coefficient (Wildman–Crippen LogP) is 0.129. The lowest BCUT2D eigenvalue weighted by atomic mass is 9.78. The average Bonchev–Trinajstić information content (AvgIpc) is 2.05. The smallest absolute Gasteiger partial charge is 0.0562 e. The van der Waals surface area contributed by atoms with E-state index in [2.05, 4.69) is 0 Å². The molecule has 1 aromatic rings. The number of hydroxylamine groups is 2. The fourth-order valence-electron chi connectivity index (χ4n) is 1.85. The van der Waals surface area contributed by atoms with Crippen molar-refractivity contribution < 1.29 is 0 Å². The molecule has 14 heavy (non-hydrogen) atoms. The number of benzene rings is 1. The Kier molecular flexibility index (Phi) is 2.23. The van der Waals surface area contributed by atoms with Crippen molar-refractivity contribution in [3.63, 3.8) is 0 Å². The Bertz CT molecular complexity index is 309. The monoisotopic (exact) mass is 194 g/mol. The van der Waals surface area contributed by atoms with Crippen molar-refractivity contribution in [2.75, 3.05) is 0 Å². The normalized spacial score (nSPS) is 25.0. The second kappa shape index (κ2) is 3.28. The van der Waals surface area contributed by atoms with Crippen molar-refractivity contribution in [1.82, 2.24) is 10.3 Å². The zero-order chi connectivity index (χ0) is 10.3. The van der Waals surface area contributed by atoms with Crippen LogP contribution < -0.4 is 11.7 Å². The van der Waals surface area contributed by atoms with Crippen LogP contribution in [0.3, 0.4) is 0 Å². The Balaban J connectivity index is 2.37. The molecular formula is C8H10N4O2-2. The third-order valence-corrected chi connectivity index (χ3v) is 2.48. The third kappa shape index (κ3) is 1.22. The quantitative estimate of drug-likeness (QED) is 0.512. The summed E-state index contributed by atoms with van der Waals surface area (Å²) in [6.07, 6.45) is 0. The molecule has 2 rings (SSSR count). The van der Waals surface area contributed by atoms with Crippen LogP contribution in [0.2, 0.25) is 0 Å². The van der Waals surface area contributed by atoms with Gasteiger partial charge in [0.25, 0.3) is 0 Å². The molecule has 6 nitrogen and oxygen atoms in total. The molecule has 6 heteroatoms. The highest BCUT2D eigenvalue weighted by atomic mass is 16.5. The summed E-state index contributed by atoms with van der Waals surface area (Å²) in [7, 11) is 0. The second-order valence-corrected chi connectivity index (χ2v) is 3.24. The van der Waals surface area contributed by atoms with Gasteiger partial charge in [-0.05, 0) is 11.1 Å². The summed E-state index contributed by atoms with van der Waals surface area (Å²) < 4.78 is 0. The maximum atomic E-state index is 11.0. The molecule has 1 aliphatic carbocycles. The molecular weight excluding hydrogens is 184 g/mol. The first-order valence-corrected chi connectivity index (χ1v) is 4.14. The van der Waals surface area contributed by atoms with Crippen LogP contribution in [-0.4, -0.2) is 10.3 Å². The Morgan fingerprint density at radius 3 is 1.57 bits per heavy atom. The summed E-state index contributed by atoms with van der Waals surface area (Å²) >= 11 is 0. The summed E-state index contributed by atoms with van der Waals surface area (Å²) in [6.45, 7) is 0. The average molecular weight is 194 g/mol. The molecule has 2 atom stereocenters. The maximum Gasteiger partial charge on any atom is 0.0562 e. The van der Waals surface area contributed by atoms with Crippen molar-refractivity contribution in [2.24, 2.45) is 11.7 Å². The highest BCUT2D eigenvalue weighted by molar-refractivity contribution is 5.43. The summed E-state index contributed by atoms with van der Waals surface area (Å²) in [5.41, 5.74) is 1.53. The molecule has 0 saturated carbocycles. The zero-order valence-corrected chi connectivity index (χ0v) is 7.33. The van der Waals surface area contributed by atoms with Crippen LogP contribution in [0.15, 0.2) is 24.3 Å². The van der Waals surface area contributed by atoms with Gasteiger partial charge in [0.15, 0.2) is 0 Å². The summed E-state index contributed by atoms with van der Waals surface area (Å²) in [5, 5.41) is 22.5. The molecule has 0 radical (unpaired) electrons. The van der Waals surface area contributed by atoms with E-state index >= 15 is 0 Å². The van der Waals surface area contributed by atoms with Gasteiger partial charge in [0.2, 0.25) is 0 Å². The number of nitrogens with zero attached hydrogens (tertiary/aromatic N) is 2. The molecule has 0 aromatic heterocycles. The highest BCUT2D eigenvalue weighted by Gasteiger charge is 2.37. The summed E-state index contributed by atoms with van der Waals surface area (Å²) in [6, 6.07) is 5.78. The highest BCUT2D eigenvalue weighted by Crippen LogP contribution is 2.47. The van der Waals surface area contributed by atoms with E-state index in [0.717, 1.165) is 11.1 Å². The maximum absolute atomic E-state index is 11.0. The number of hydrogen-bond acceptors (Lipinski definition) is 6. The van der Waals surface area contributed by atoms with E-state index in [-0.39, 0.29) is 10.3 Å². The molecule has 2 unspecified atom stereocenters. The SMILES string of the molecule is NN([O-])C1c2ccccc2C1N(N)[O-]. The van der Waals surface area contributed by atoms with E-state index in [4.69, 9.17) is 11.7 Å². The fourth-order valence-corrected chi connectivity index (χ4v) is 1.85. The van der Waals surface area contributed by atoms with Gasteiger partial charge in [0, 0.05) is 0 Å². The lowest BCUT2D eigenvalue weighted by Gasteiger charge is -2.52. The molecule has 1 aliphatic rings. The standard InChI is InChI=1S/C8H10N4O2/c9-11(13)7-5-3-1-2-4-6(5)8(7)12(10)14/h1-4,7-8H,9-10H2/q-2. The van der Waals surface area contributed by atoms with Crippen molar-refractivity contribution in [2.45, 2.75) is 12.1 Å². The number of hydrogen-bond donors (Lipinski definition) is 2. The van der Waals surface area contributed by atoms with E-state index in [0.29, 0.717) is 0 Å². The molecule has 0 aliphatic heterocycles. The number of nitrogens with two attached hydrogens (primary N) is 2. The Labute approximate surface area is 80.8 Å².